The predicted octanol–water partition coefficient (Wildman–Crippen LogP) is 0.393. The highest BCUT2D eigenvalue weighted by Gasteiger charge is 2.15. The zero-order valence-corrected chi connectivity index (χ0v) is 8.29. The molecule has 76 valence electrons. The fourth-order valence-corrected chi connectivity index (χ4v) is 1.72. The summed E-state index contributed by atoms with van der Waals surface area (Å²) in [5.74, 6) is 0.717. The quantitative estimate of drug-likeness (QED) is 0.740. The van der Waals surface area contributed by atoms with Crippen molar-refractivity contribution in [2.45, 2.75) is 26.4 Å². The van der Waals surface area contributed by atoms with Crippen LogP contribution in [-0.2, 0) is 24.2 Å². The Morgan fingerprint density at radius 2 is 2.29 bits per heavy atom. The molecule has 1 aliphatic heterocycles. The number of hydrogen-bond acceptors (Lipinski definition) is 4. The average molecular weight is 194 g/mol. The average Bonchev–Trinajstić information content (AvgIpc) is 2.18. The highest BCUT2D eigenvalue weighted by Crippen LogP contribution is 2.17. The summed E-state index contributed by atoms with van der Waals surface area (Å²) in [5, 5.41) is 8.80. The minimum Gasteiger partial charge on any atom is -0.396 e. The van der Waals surface area contributed by atoms with Crippen LogP contribution >= 0.6 is 0 Å². The molecule has 0 unspecified atom stereocenters. The third-order valence-electron chi connectivity index (χ3n) is 2.42. The molecule has 0 aliphatic carbocycles. The molecule has 0 radical (unpaired) electrons. The Bertz CT molecular complexity index is 339. The standard InChI is InChI=1S/C10H14N2O2/c1-7-8-3-5-14-6-9(8)12-10(11-7)2-4-13/h13H,2-6H2,1H3. The summed E-state index contributed by atoms with van der Waals surface area (Å²) < 4.78 is 5.33. The van der Waals surface area contributed by atoms with Crippen LogP contribution in [0.15, 0.2) is 0 Å². The summed E-state index contributed by atoms with van der Waals surface area (Å²) in [6, 6.07) is 0. The molecule has 1 aromatic heterocycles. The van der Waals surface area contributed by atoms with Crippen LogP contribution in [0, 0.1) is 6.92 Å². The van der Waals surface area contributed by atoms with Gasteiger partial charge in [-0.3, -0.25) is 0 Å². The lowest BCUT2D eigenvalue weighted by atomic mass is 10.1. The molecule has 2 rings (SSSR count). The van der Waals surface area contributed by atoms with E-state index in [9.17, 15) is 0 Å². The first-order valence-corrected chi connectivity index (χ1v) is 4.85. The van der Waals surface area contributed by atoms with Crippen molar-refractivity contribution in [2.75, 3.05) is 13.2 Å². The molecule has 0 saturated heterocycles. The Hall–Kier alpha value is -1.00. The minimum absolute atomic E-state index is 0.0963. The summed E-state index contributed by atoms with van der Waals surface area (Å²) in [4.78, 5) is 8.72. The van der Waals surface area contributed by atoms with Gasteiger partial charge in [0.2, 0.25) is 0 Å². The molecule has 0 bridgehead atoms. The number of ether oxygens (including phenoxy) is 1. The Kier molecular flexibility index (Phi) is 2.74. The lowest BCUT2D eigenvalue weighted by Crippen LogP contribution is -2.16. The number of aromatic nitrogens is 2. The first kappa shape index (κ1) is 9.55. The van der Waals surface area contributed by atoms with Crippen molar-refractivity contribution in [1.29, 1.82) is 0 Å². The van der Waals surface area contributed by atoms with Crippen molar-refractivity contribution in [1.82, 2.24) is 9.97 Å². The van der Waals surface area contributed by atoms with Crippen molar-refractivity contribution in [3.63, 3.8) is 0 Å². The van der Waals surface area contributed by atoms with Crippen LogP contribution in [0.3, 0.4) is 0 Å². The summed E-state index contributed by atoms with van der Waals surface area (Å²) in [6.45, 7) is 3.43. The van der Waals surface area contributed by atoms with Crippen LogP contribution < -0.4 is 0 Å². The molecular weight excluding hydrogens is 180 g/mol. The van der Waals surface area contributed by atoms with Gasteiger partial charge in [-0.25, -0.2) is 9.97 Å². The molecular formula is C10H14N2O2. The van der Waals surface area contributed by atoms with Crippen LogP contribution in [0.5, 0.6) is 0 Å². The van der Waals surface area contributed by atoms with Gasteiger partial charge in [0.15, 0.2) is 0 Å². The lowest BCUT2D eigenvalue weighted by Gasteiger charge is -2.17. The van der Waals surface area contributed by atoms with Crippen molar-refractivity contribution in [3.05, 3.63) is 22.8 Å². The van der Waals surface area contributed by atoms with Gasteiger partial charge in [-0.2, -0.15) is 0 Å². The third kappa shape index (κ3) is 1.76. The van der Waals surface area contributed by atoms with Gasteiger partial charge in [-0.05, 0) is 18.9 Å². The van der Waals surface area contributed by atoms with Crippen molar-refractivity contribution in [2.24, 2.45) is 0 Å². The van der Waals surface area contributed by atoms with Crippen LogP contribution in [0.1, 0.15) is 22.8 Å². The van der Waals surface area contributed by atoms with Gasteiger partial charge >= 0.3 is 0 Å². The van der Waals surface area contributed by atoms with Gasteiger partial charge < -0.3 is 9.84 Å². The van der Waals surface area contributed by atoms with Crippen LogP contribution in [0.25, 0.3) is 0 Å². The fourth-order valence-electron chi connectivity index (χ4n) is 1.72. The van der Waals surface area contributed by atoms with Crippen LogP contribution in [0.2, 0.25) is 0 Å². The maximum Gasteiger partial charge on any atom is 0.131 e. The molecule has 4 heteroatoms. The second-order valence-corrected chi connectivity index (χ2v) is 3.43. The highest BCUT2D eigenvalue weighted by molar-refractivity contribution is 5.26. The first-order chi connectivity index (χ1) is 6.81. The van der Waals surface area contributed by atoms with Crippen LogP contribution in [-0.4, -0.2) is 28.3 Å². The van der Waals surface area contributed by atoms with E-state index in [2.05, 4.69) is 9.97 Å². The predicted molar refractivity (Wildman–Crippen MR) is 50.9 cm³/mol. The summed E-state index contributed by atoms with van der Waals surface area (Å²) in [7, 11) is 0. The molecule has 1 N–H and O–H groups in total. The first-order valence-electron chi connectivity index (χ1n) is 4.85. The van der Waals surface area contributed by atoms with Crippen molar-refractivity contribution in [3.8, 4) is 0 Å². The lowest BCUT2D eigenvalue weighted by molar-refractivity contribution is 0.106. The molecule has 4 nitrogen and oxygen atoms in total. The second kappa shape index (κ2) is 4.02. The highest BCUT2D eigenvalue weighted by atomic mass is 16.5. The van der Waals surface area contributed by atoms with Gasteiger partial charge in [-0.1, -0.05) is 0 Å². The van der Waals surface area contributed by atoms with Gasteiger partial charge in [0.05, 0.1) is 25.5 Å². The summed E-state index contributed by atoms with van der Waals surface area (Å²) in [5.41, 5.74) is 3.24. The molecule has 1 aromatic rings. The molecule has 0 amide bonds. The molecule has 1 aliphatic rings. The molecule has 14 heavy (non-hydrogen) atoms. The zero-order valence-electron chi connectivity index (χ0n) is 8.29. The Morgan fingerprint density at radius 3 is 3.07 bits per heavy atom. The van der Waals surface area contributed by atoms with E-state index in [0.29, 0.717) is 18.9 Å². The van der Waals surface area contributed by atoms with E-state index < -0.39 is 0 Å². The van der Waals surface area contributed by atoms with Gasteiger partial charge in [0.25, 0.3) is 0 Å². The molecule has 0 saturated carbocycles. The Morgan fingerprint density at radius 1 is 1.43 bits per heavy atom. The third-order valence-corrected chi connectivity index (χ3v) is 2.42. The number of fused-ring (bicyclic) bond motifs is 1. The SMILES string of the molecule is Cc1nc(CCO)nc2c1CCOC2. The number of aliphatic hydroxyl groups excluding tert-OH is 1. The maximum atomic E-state index is 8.80. The van der Waals surface area contributed by atoms with Gasteiger partial charge in [-0.15, -0.1) is 0 Å². The number of aryl methyl sites for hydroxylation is 1. The van der Waals surface area contributed by atoms with E-state index in [1.165, 1.54) is 5.56 Å². The van der Waals surface area contributed by atoms with E-state index >= 15 is 0 Å². The van der Waals surface area contributed by atoms with Gasteiger partial charge in [0, 0.05) is 12.1 Å². The maximum absolute atomic E-state index is 8.80. The number of hydrogen-bond donors (Lipinski definition) is 1. The smallest absolute Gasteiger partial charge is 0.131 e. The fraction of sp³-hybridized carbons (Fsp3) is 0.600. The normalized spacial score (nSPS) is 15.3. The molecule has 0 spiro atoms. The van der Waals surface area contributed by atoms with Crippen molar-refractivity contribution < 1.29 is 9.84 Å². The van der Waals surface area contributed by atoms with E-state index in [0.717, 1.165) is 24.4 Å². The topological polar surface area (TPSA) is 55.2 Å². The summed E-state index contributed by atoms with van der Waals surface area (Å²) in [6.07, 6.45) is 1.43. The zero-order chi connectivity index (χ0) is 9.97. The van der Waals surface area contributed by atoms with E-state index in [1.807, 2.05) is 6.92 Å². The molecule has 0 fully saturated rings. The van der Waals surface area contributed by atoms with E-state index in [1.54, 1.807) is 0 Å². The molecule has 2 heterocycles. The molecule has 0 aromatic carbocycles. The van der Waals surface area contributed by atoms with Crippen LogP contribution in [0.4, 0.5) is 0 Å². The van der Waals surface area contributed by atoms with Crippen molar-refractivity contribution >= 4 is 0 Å². The number of rotatable bonds is 2. The molecule has 0 atom stereocenters. The van der Waals surface area contributed by atoms with E-state index in [4.69, 9.17) is 9.84 Å². The monoisotopic (exact) mass is 194 g/mol. The Balaban J connectivity index is 2.36. The number of nitrogens with zero attached hydrogens (tertiary/aromatic N) is 2. The van der Waals surface area contributed by atoms with Gasteiger partial charge in [0.1, 0.15) is 5.82 Å². The second-order valence-electron chi connectivity index (χ2n) is 3.43. The summed E-state index contributed by atoms with van der Waals surface area (Å²) >= 11 is 0. The minimum atomic E-state index is 0.0963. The van der Waals surface area contributed by atoms with E-state index in [-0.39, 0.29) is 6.61 Å². The largest absolute Gasteiger partial charge is 0.396 e. The number of aliphatic hydroxyl groups is 1. The Labute approximate surface area is 83.0 Å².